The van der Waals surface area contributed by atoms with Crippen LogP contribution in [0, 0.1) is 5.92 Å². The Morgan fingerprint density at radius 3 is 2.57 bits per heavy atom. The molecular formula is C12H14O2. The van der Waals surface area contributed by atoms with Crippen LogP contribution < -0.4 is 0 Å². The van der Waals surface area contributed by atoms with Gasteiger partial charge in [-0.2, -0.15) is 0 Å². The molecule has 1 aliphatic carbocycles. The van der Waals surface area contributed by atoms with Crippen molar-refractivity contribution < 1.29 is 9.90 Å². The van der Waals surface area contributed by atoms with Crippen molar-refractivity contribution in [3.05, 3.63) is 29.8 Å². The molecule has 1 unspecified atom stereocenters. The van der Waals surface area contributed by atoms with Crippen LogP contribution in [-0.2, 0) is 4.79 Å². The van der Waals surface area contributed by atoms with Crippen LogP contribution in [0.5, 0.6) is 5.75 Å². The summed E-state index contributed by atoms with van der Waals surface area (Å²) in [6.07, 6.45) is 4.40. The summed E-state index contributed by atoms with van der Waals surface area (Å²) in [7, 11) is 0. The average Bonchev–Trinajstić information content (AvgIpc) is 2.12. The average molecular weight is 190 g/mol. The van der Waals surface area contributed by atoms with Gasteiger partial charge in [0, 0.05) is 11.5 Å². The van der Waals surface area contributed by atoms with E-state index in [4.69, 9.17) is 0 Å². The summed E-state index contributed by atoms with van der Waals surface area (Å²) in [6.45, 7) is 0. The third-order valence-electron chi connectivity index (χ3n) is 3.10. The summed E-state index contributed by atoms with van der Waals surface area (Å²) in [5, 5.41) is 9.62. The largest absolute Gasteiger partial charge is 0.508 e. The molecule has 0 saturated heterocycles. The molecule has 0 aliphatic heterocycles. The van der Waals surface area contributed by atoms with E-state index in [-0.39, 0.29) is 11.7 Å². The lowest BCUT2D eigenvalue weighted by Gasteiger charge is -2.30. The fraction of sp³-hybridized carbons (Fsp3) is 0.417. The molecular weight excluding hydrogens is 176 g/mol. The van der Waals surface area contributed by atoms with Gasteiger partial charge in [-0.05, 0) is 24.8 Å². The SMILES string of the molecule is O=CC(c1ccccc1O)C1CCC1. The van der Waals surface area contributed by atoms with Crippen molar-refractivity contribution >= 4 is 6.29 Å². The molecule has 1 aromatic rings. The van der Waals surface area contributed by atoms with Gasteiger partial charge in [0.2, 0.25) is 0 Å². The first kappa shape index (κ1) is 9.25. The predicted octanol–water partition coefficient (Wildman–Crippen LogP) is 2.47. The molecule has 0 heterocycles. The molecule has 1 aliphatic rings. The van der Waals surface area contributed by atoms with Gasteiger partial charge in [0.15, 0.2) is 0 Å². The number of hydrogen-bond acceptors (Lipinski definition) is 2. The molecule has 74 valence electrons. The van der Waals surface area contributed by atoms with E-state index >= 15 is 0 Å². The molecule has 1 aromatic carbocycles. The quantitative estimate of drug-likeness (QED) is 0.743. The maximum absolute atomic E-state index is 11.0. The number of phenolic OH excluding ortho intramolecular Hbond substituents is 1. The summed E-state index contributed by atoms with van der Waals surface area (Å²) >= 11 is 0. The second-order valence-corrected chi connectivity index (χ2v) is 3.91. The maximum atomic E-state index is 11.0. The molecule has 1 N–H and O–H groups in total. The van der Waals surface area contributed by atoms with Gasteiger partial charge in [-0.3, -0.25) is 0 Å². The number of carbonyl (C=O) groups excluding carboxylic acids is 1. The van der Waals surface area contributed by atoms with Crippen molar-refractivity contribution in [2.75, 3.05) is 0 Å². The van der Waals surface area contributed by atoms with Crippen LogP contribution in [0.15, 0.2) is 24.3 Å². The van der Waals surface area contributed by atoms with Gasteiger partial charge in [0.25, 0.3) is 0 Å². The van der Waals surface area contributed by atoms with Crippen LogP contribution >= 0.6 is 0 Å². The second-order valence-electron chi connectivity index (χ2n) is 3.91. The first-order valence-corrected chi connectivity index (χ1v) is 5.06. The molecule has 14 heavy (non-hydrogen) atoms. The number of aldehydes is 1. The van der Waals surface area contributed by atoms with Crippen LogP contribution in [-0.4, -0.2) is 11.4 Å². The summed E-state index contributed by atoms with van der Waals surface area (Å²) in [5.74, 6) is 0.585. The van der Waals surface area contributed by atoms with Crippen LogP contribution in [0.25, 0.3) is 0 Å². The van der Waals surface area contributed by atoms with E-state index in [9.17, 15) is 9.90 Å². The van der Waals surface area contributed by atoms with Gasteiger partial charge >= 0.3 is 0 Å². The molecule has 0 amide bonds. The summed E-state index contributed by atoms with van der Waals surface area (Å²) in [4.78, 5) is 11.0. The van der Waals surface area contributed by atoms with E-state index in [1.54, 1.807) is 12.1 Å². The standard InChI is InChI=1S/C12H14O2/c13-8-11(9-4-3-5-9)10-6-1-2-7-12(10)14/h1-2,6-9,11,14H,3-5H2. The lowest BCUT2D eigenvalue weighted by atomic mass is 9.73. The first-order chi connectivity index (χ1) is 6.83. The van der Waals surface area contributed by atoms with Gasteiger partial charge in [0.05, 0.1) is 0 Å². The van der Waals surface area contributed by atoms with Crippen LogP contribution in [0.4, 0.5) is 0 Å². The van der Waals surface area contributed by atoms with Gasteiger partial charge in [0.1, 0.15) is 12.0 Å². The molecule has 1 saturated carbocycles. The number of aromatic hydroxyl groups is 1. The monoisotopic (exact) mass is 190 g/mol. The molecule has 2 nitrogen and oxygen atoms in total. The summed E-state index contributed by atoms with van der Waals surface area (Å²) in [6, 6.07) is 7.13. The van der Waals surface area contributed by atoms with E-state index < -0.39 is 0 Å². The van der Waals surface area contributed by atoms with Crippen molar-refractivity contribution in [1.82, 2.24) is 0 Å². The third kappa shape index (κ3) is 1.52. The Morgan fingerprint density at radius 2 is 2.07 bits per heavy atom. The Morgan fingerprint density at radius 1 is 1.36 bits per heavy atom. The minimum absolute atomic E-state index is 0.107. The third-order valence-corrected chi connectivity index (χ3v) is 3.10. The zero-order valence-corrected chi connectivity index (χ0v) is 8.02. The van der Waals surface area contributed by atoms with Gasteiger partial charge in [-0.25, -0.2) is 0 Å². The van der Waals surface area contributed by atoms with Crippen molar-refractivity contribution in [2.45, 2.75) is 25.2 Å². The van der Waals surface area contributed by atoms with E-state index in [0.29, 0.717) is 5.92 Å². The zero-order valence-electron chi connectivity index (χ0n) is 8.02. The number of benzene rings is 1. The Labute approximate surface area is 83.6 Å². The molecule has 0 spiro atoms. The summed E-state index contributed by atoms with van der Waals surface area (Å²) in [5.41, 5.74) is 0.784. The number of rotatable bonds is 3. The number of para-hydroxylation sites is 1. The number of hydrogen-bond donors (Lipinski definition) is 1. The second kappa shape index (κ2) is 3.82. The fourth-order valence-corrected chi connectivity index (χ4v) is 2.01. The molecule has 2 heteroatoms. The van der Waals surface area contributed by atoms with Crippen molar-refractivity contribution in [2.24, 2.45) is 5.92 Å². The molecule has 0 radical (unpaired) electrons. The van der Waals surface area contributed by atoms with Gasteiger partial charge < -0.3 is 9.90 Å². The van der Waals surface area contributed by atoms with E-state index in [1.807, 2.05) is 12.1 Å². The molecule has 1 fully saturated rings. The maximum Gasteiger partial charge on any atom is 0.127 e. The van der Waals surface area contributed by atoms with Crippen LogP contribution in [0.1, 0.15) is 30.7 Å². The van der Waals surface area contributed by atoms with Crippen molar-refractivity contribution in [3.8, 4) is 5.75 Å². The van der Waals surface area contributed by atoms with Gasteiger partial charge in [-0.1, -0.05) is 24.6 Å². The lowest BCUT2D eigenvalue weighted by molar-refractivity contribution is -0.110. The number of carbonyl (C=O) groups is 1. The normalized spacial score (nSPS) is 18.6. The van der Waals surface area contributed by atoms with Gasteiger partial charge in [-0.15, -0.1) is 0 Å². The smallest absolute Gasteiger partial charge is 0.127 e. The van der Waals surface area contributed by atoms with Crippen molar-refractivity contribution in [1.29, 1.82) is 0 Å². The van der Waals surface area contributed by atoms with E-state index in [1.165, 1.54) is 6.42 Å². The Balaban J connectivity index is 2.26. The highest BCUT2D eigenvalue weighted by Crippen LogP contribution is 2.40. The highest BCUT2D eigenvalue weighted by Gasteiger charge is 2.29. The molecule has 0 aromatic heterocycles. The first-order valence-electron chi connectivity index (χ1n) is 5.06. The Kier molecular flexibility index (Phi) is 2.53. The summed E-state index contributed by atoms with van der Waals surface area (Å²) < 4.78 is 0. The number of phenols is 1. The topological polar surface area (TPSA) is 37.3 Å². The minimum atomic E-state index is -0.107. The Hall–Kier alpha value is -1.31. The zero-order chi connectivity index (χ0) is 9.97. The highest BCUT2D eigenvalue weighted by atomic mass is 16.3. The molecule has 2 rings (SSSR count). The molecule has 1 atom stereocenters. The lowest BCUT2D eigenvalue weighted by Crippen LogP contribution is -2.21. The van der Waals surface area contributed by atoms with Crippen LogP contribution in [0.2, 0.25) is 0 Å². The van der Waals surface area contributed by atoms with E-state index in [0.717, 1.165) is 24.7 Å². The molecule has 0 bridgehead atoms. The fourth-order valence-electron chi connectivity index (χ4n) is 2.01. The van der Waals surface area contributed by atoms with Crippen molar-refractivity contribution in [3.63, 3.8) is 0 Å². The predicted molar refractivity (Wildman–Crippen MR) is 54.3 cm³/mol. The highest BCUT2D eigenvalue weighted by molar-refractivity contribution is 5.65. The Bertz CT molecular complexity index is 329. The van der Waals surface area contributed by atoms with E-state index in [2.05, 4.69) is 0 Å². The minimum Gasteiger partial charge on any atom is -0.508 e. The van der Waals surface area contributed by atoms with Crippen LogP contribution in [0.3, 0.4) is 0 Å².